The average molecular weight is 242 g/mol. The topological polar surface area (TPSA) is 0 Å². The zero-order valence-corrected chi connectivity index (χ0v) is 11.2. The summed E-state index contributed by atoms with van der Waals surface area (Å²) in [6.07, 6.45) is 0. The van der Waals surface area contributed by atoms with Gasteiger partial charge in [-0.2, -0.15) is 0 Å². The highest BCUT2D eigenvalue weighted by Gasteiger charge is 2.29. The van der Waals surface area contributed by atoms with Crippen LogP contribution in [0.3, 0.4) is 0 Å². The zero-order chi connectivity index (χ0) is 13.2. The molecule has 0 nitrogen and oxygen atoms in total. The van der Waals surface area contributed by atoms with Crippen molar-refractivity contribution in [2.24, 2.45) is 5.41 Å². The maximum Gasteiger partial charge on any atom is 0.127 e. The van der Waals surface area contributed by atoms with Crippen molar-refractivity contribution in [3.05, 3.63) is 71.5 Å². The Hall–Kier alpha value is -1.63. The van der Waals surface area contributed by atoms with E-state index in [-0.39, 0.29) is 17.2 Å². The highest BCUT2D eigenvalue weighted by Crippen LogP contribution is 2.41. The third kappa shape index (κ3) is 2.61. The van der Waals surface area contributed by atoms with Gasteiger partial charge in [0.2, 0.25) is 0 Å². The molecule has 0 amide bonds. The lowest BCUT2D eigenvalue weighted by Gasteiger charge is -2.32. The van der Waals surface area contributed by atoms with Crippen molar-refractivity contribution >= 4 is 0 Å². The second-order valence-electron chi connectivity index (χ2n) is 5.73. The molecule has 0 spiro atoms. The predicted molar refractivity (Wildman–Crippen MR) is 74.1 cm³/mol. The van der Waals surface area contributed by atoms with E-state index >= 15 is 0 Å². The van der Waals surface area contributed by atoms with Gasteiger partial charge in [-0.3, -0.25) is 0 Å². The van der Waals surface area contributed by atoms with E-state index in [1.165, 1.54) is 6.07 Å². The SMILES string of the molecule is CC(C)(C)C(c1ccccc1)c1ccccc1F. The molecular weight excluding hydrogens is 223 g/mol. The van der Waals surface area contributed by atoms with Crippen LogP contribution in [0.25, 0.3) is 0 Å². The van der Waals surface area contributed by atoms with Crippen molar-refractivity contribution in [3.8, 4) is 0 Å². The van der Waals surface area contributed by atoms with Crippen LogP contribution in [0.1, 0.15) is 37.8 Å². The first kappa shape index (κ1) is 12.8. The molecule has 0 aliphatic carbocycles. The molecule has 18 heavy (non-hydrogen) atoms. The van der Waals surface area contributed by atoms with E-state index in [2.05, 4.69) is 32.9 Å². The number of hydrogen-bond acceptors (Lipinski definition) is 0. The smallest absolute Gasteiger partial charge is 0.127 e. The Kier molecular flexibility index (Phi) is 3.51. The summed E-state index contributed by atoms with van der Waals surface area (Å²) in [5, 5.41) is 0. The van der Waals surface area contributed by atoms with E-state index in [1.54, 1.807) is 6.07 Å². The monoisotopic (exact) mass is 242 g/mol. The van der Waals surface area contributed by atoms with Crippen molar-refractivity contribution in [3.63, 3.8) is 0 Å². The minimum absolute atomic E-state index is 0.0243. The van der Waals surface area contributed by atoms with Gasteiger partial charge in [-0.25, -0.2) is 4.39 Å². The number of hydrogen-bond donors (Lipinski definition) is 0. The van der Waals surface area contributed by atoms with Crippen molar-refractivity contribution in [2.75, 3.05) is 0 Å². The summed E-state index contributed by atoms with van der Waals surface area (Å²) in [6, 6.07) is 17.2. The van der Waals surface area contributed by atoms with Crippen LogP contribution in [-0.4, -0.2) is 0 Å². The molecule has 1 unspecified atom stereocenters. The fourth-order valence-corrected chi connectivity index (χ4v) is 2.50. The number of benzene rings is 2. The normalized spacial score (nSPS) is 13.3. The van der Waals surface area contributed by atoms with Gasteiger partial charge < -0.3 is 0 Å². The number of halogens is 1. The second-order valence-corrected chi connectivity index (χ2v) is 5.73. The van der Waals surface area contributed by atoms with Crippen LogP contribution in [-0.2, 0) is 0 Å². The van der Waals surface area contributed by atoms with Crippen LogP contribution in [0.4, 0.5) is 4.39 Å². The van der Waals surface area contributed by atoms with Crippen LogP contribution in [0.15, 0.2) is 54.6 Å². The van der Waals surface area contributed by atoms with Crippen LogP contribution in [0, 0.1) is 11.2 Å². The Morgan fingerprint density at radius 3 is 1.94 bits per heavy atom. The fraction of sp³-hybridized carbons (Fsp3) is 0.294. The summed E-state index contributed by atoms with van der Waals surface area (Å²) in [5.74, 6) is -0.0545. The highest BCUT2D eigenvalue weighted by molar-refractivity contribution is 5.35. The lowest BCUT2D eigenvalue weighted by Crippen LogP contribution is -2.20. The molecule has 0 saturated carbocycles. The predicted octanol–water partition coefficient (Wildman–Crippen LogP) is 5.00. The van der Waals surface area contributed by atoms with E-state index in [1.807, 2.05) is 30.3 Å². The van der Waals surface area contributed by atoms with Gasteiger partial charge >= 0.3 is 0 Å². The molecule has 94 valence electrons. The second kappa shape index (κ2) is 4.93. The standard InChI is InChI=1S/C17H19F/c1-17(2,3)16(13-9-5-4-6-10-13)14-11-7-8-12-15(14)18/h4-12,16H,1-3H3. The quantitative estimate of drug-likeness (QED) is 0.695. The Morgan fingerprint density at radius 2 is 1.39 bits per heavy atom. The maximum atomic E-state index is 14.1. The van der Waals surface area contributed by atoms with E-state index < -0.39 is 0 Å². The molecule has 0 saturated heterocycles. The Morgan fingerprint density at radius 1 is 0.833 bits per heavy atom. The first-order valence-corrected chi connectivity index (χ1v) is 6.29. The summed E-state index contributed by atoms with van der Waals surface area (Å²) < 4.78 is 14.1. The van der Waals surface area contributed by atoms with Crippen molar-refractivity contribution in [1.29, 1.82) is 0 Å². The minimum Gasteiger partial charge on any atom is -0.207 e. The van der Waals surface area contributed by atoms with Gasteiger partial charge in [0.1, 0.15) is 5.82 Å². The van der Waals surface area contributed by atoms with Gasteiger partial charge in [-0.15, -0.1) is 0 Å². The summed E-state index contributed by atoms with van der Waals surface area (Å²) in [6.45, 7) is 6.45. The summed E-state index contributed by atoms with van der Waals surface area (Å²) in [5.41, 5.74) is 1.91. The summed E-state index contributed by atoms with van der Waals surface area (Å²) >= 11 is 0. The van der Waals surface area contributed by atoms with Gasteiger partial charge in [0.05, 0.1) is 0 Å². The number of rotatable bonds is 2. The molecule has 0 heterocycles. The van der Waals surface area contributed by atoms with Crippen LogP contribution in [0.2, 0.25) is 0 Å². The average Bonchev–Trinajstić information content (AvgIpc) is 2.32. The Labute approximate surface area is 108 Å². The molecule has 2 aromatic rings. The minimum atomic E-state index is -0.124. The van der Waals surface area contributed by atoms with Crippen molar-refractivity contribution in [1.82, 2.24) is 0 Å². The van der Waals surface area contributed by atoms with Crippen LogP contribution >= 0.6 is 0 Å². The lowest BCUT2D eigenvalue weighted by atomic mass is 9.72. The molecule has 0 aliphatic heterocycles. The third-order valence-corrected chi connectivity index (χ3v) is 3.22. The van der Waals surface area contributed by atoms with Crippen LogP contribution < -0.4 is 0 Å². The zero-order valence-electron chi connectivity index (χ0n) is 11.2. The fourth-order valence-electron chi connectivity index (χ4n) is 2.50. The first-order valence-electron chi connectivity index (χ1n) is 6.29. The molecule has 0 N–H and O–H groups in total. The largest absolute Gasteiger partial charge is 0.207 e. The van der Waals surface area contributed by atoms with Gasteiger partial charge in [-0.05, 0) is 22.6 Å². The molecule has 1 heteroatoms. The van der Waals surface area contributed by atoms with Gasteiger partial charge in [0.25, 0.3) is 0 Å². The van der Waals surface area contributed by atoms with Gasteiger partial charge in [0, 0.05) is 5.92 Å². The molecule has 2 rings (SSSR count). The molecular formula is C17H19F. The highest BCUT2D eigenvalue weighted by atomic mass is 19.1. The van der Waals surface area contributed by atoms with E-state index in [0.29, 0.717) is 0 Å². The van der Waals surface area contributed by atoms with Crippen LogP contribution in [0.5, 0.6) is 0 Å². The molecule has 1 atom stereocenters. The molecule has 0 aromatic heterocycles. The van der Waals surface area contributed by atoms with Crippen molar-refractivity contribution < 1.29 is 4.39 Å². The van der Waals surface area contributed by atoms with Crippen molar-refractivity contribution in [2.45, 2.75) is 26.7 Å². The lowest BCUT2D eigenvalue weighted by molar-refractivity contribution is 0.350. The molecule has 2 aromatic carbocycles. The van der Waals surface area contributed by atoms with E-state index in [4.69, 9.17) is 0 Å². The molecule has 0 aliphatic rings. The molecule has 0 fully saturated rings. The molecule has 0 bridgehead atoms. The van der Waals surface area contributed by atoms with E-state index in [0.717, 1.165) is 11.1 Å². The molecule has 0 radical (unpaired) electrons. The Balaban J connectivity index is 2.55. The third-order valence-electron chi connectivity index (χ3n) is 3.22. The summed E-state index contributed by atoms with van der Waals surface area (Å²) in [7, 11) is 0. The first-order chi connectivity index (χ1) is 8.50. The maximum absolute atomic E-state index is 14.1. The Bertz CT molecular complexity index is 509. The van der Waals surface area contributed by atoms with Gasteiger partial charge in [0.15, 0.2) is 0 Å². The van der Waals surface area contributed by atoms with Gasteiger partial charge in [-0.1, -0.05) is 69.3 Å². The van der Waals surface area contributed by atoms with E-state index in [9.17, 15) is 4.39 Å². The summed E-state index contributed by atoms with van der Waals surface area (Å²) in [4.78, 5) is 0.